The molecule has 160 valence electrons. The van der Waals surface area contributed by atoms with Gasteiger partial charge in [-0.05, 0) is 91.6 Å². The highest BCUT2D eigenvalue weighted by Gasteiger charge is 2.60. The smallest absolute Gasteiger partial charge is 0.0845 e. The fraction of sp³-hybridized carbons (Fsp3) is 0.714. The third-order valence-corrected chi connectivity index (χ3v) is 9.33. The summed E-state index contributed by atoms with van der Waals surface area (Å²) in [5, 5.41) is 0. The van der Waals surface area contributed by atoms with Gasteiger partial charge in [0, 0.05) is 5.41 Å². The Morgan fingerprint density at radius 3 is 2.76 bits per heavy atom. The molecule has 0 N–H and O–H groups in total. The zero-order valence-corrected chi connectivity index (χ0v) is 19.5. The molecular formula is C28H42O. The van der Waals surface area contributed by atoms with Gasteiger partial charge in [-0.25, -0.2) is 0 Å². The van der Waals surface area contributed by atoms with E-state index in [0.717, 1.165) is 30.3 Å². The Bertz CT molecular complexity index is 739. The molecule has 0 aromatic carbocycles. The number of hydrogen-bond donors (Lipinski definition) is 0. The van der Waals surface area contributed by atoms with Crippen molar-refractivity contribution >= 4 is 0 Å². The summed E-state index contributed by atoms with van der Waals surface area (Å²) >= 11 is 0. The van der Waals surface area contributed by atoms with Crippen LogP contribution < -0.4 is 0 Å². The molecule has 29 heavy (non-hydrogen) atoms. The molecular weight excluding hydrogens is 352 g/mol. The molecule has 0 bridgehead atoms. The van der Waals surface area contributed by atoms with Crippen LogP contribution in [0.5, 0.6) is 0 Å². The van der Waals surface area contributed by atoms with Gasteiger partial charge in [-0.1, -0.05) is 64.5 Å². The average molecular weight is 395 g/mol. The second kappa shape index (κ2) is 7.78. The Balaban J connectivity index is 1.65. The van der Waals surface area contributed by atoms with Gasteiger partial charge in [-0.2, -0.15) is 0 Å². The quantitative estimate of drug-likeness (QED) is 0.431. The summed E-state index contributed by atoms with van der Waals surface area (Å²) in [6.07, 6.45) is 18.6. The van der Waals surface area contributed by atoms with Crippen LogP contribution in [0.3, 0.4) is 0 Å². The number of fused-ring (bicyclic) bond motifs is 5. The van der Waals surface area contributed by atoms with Crippen molar-refractivity contribution in [3.05, 3.63) is 47.8 Å². The van der Waals surface area contributed by atoms with Crippen LogP contribution in [-0.2, 0) is 4.74 Å². The maximum Gasteiger partial charge on any atom is 0.0845 e. The maximum atomic E-state index is 5.85. The molecule has 0 aromatic rings. The van der Waals surface area contributed by atoms with Crippen molar-refractivity contribution in [1.29, 1.82) is 0 Å². The first-order chi connectivity index (χ1) is 13.8. The van der Waals surface area contributed by atoms with Crippen LogP contribution in [-0.4, -0.2) is 6.61 Å². The molecule has 1 nitrogen and oxygen atoms in total. The van der Waals surface area contributed by atoms with Crippen molar-refractivity contribution in [3.8, 4) is 0 Å². The average Bonchev–Trinajstić information content (AvgIpc) is 2.96. The highest BCUT2D eigenvalue weighted by Crippen LogP contribution is 2.68. The van der Waals surface area contributed by atoms with Gasteiger partial charge in [0.2, 0.25) is 0 Å². The molecule has 0 amide bonds. The first-order valence-electron chi connectivity index (χ1n) is 12.2. The van der Waals surface area contributed by atoms with E-state index in [-0.39, 0.29) is 5.41 Å². The fourth-order valence-electron chi connectivity index (χ4n) is 8.19. The molecule has 0 heterocycles. The van der Waals surface area contributed by atoms with Gasteiger partial charge in [0.1, 0.15) is 0 Å². The molecule has 7 atom stereocenters. The van der Waals surface area contributed by atoms with E-state index in [2.05, 4.69) is 65.7 Å². The molecule has 0 aromatic heterocycles. The Morgan fingerprint density at radius 1 is 1.24 bits per heavy atom. The Labute approximate surface area is 179 Å². The first kappa shape index (κ1) is 21.0. The fourth-order valence-corrected chi connectivity index (χ4v) is 8.19. The lowest BCUT2D eigenvalue weighted by Crippen LogP contribution is -2.49. The van der Waals surface area contributed by atoms with Gasteiger partial charge in [0.05, 0.1) is 12.9 Å². The number of rotatable bonds is 5. The van der Waals surface area contributed by atoms with Crippen molar-refractivity contribution < 1.29 is 4.74 Å². The lowest BCUT2D eigenvalue weighted by molar-refractivity contribution is -0.0290. The molecule has 1 heteroatoms. The van der Waals surface area contributed by atoms with Crippen LogP contribution in [0.15, 0.2) is 47.8 Å². The first-order valence-corrected chi connectivity index (χ1v) is 12.2. The molecule has 0 radical (unpaired) electrons. The van der Waals surface area contributed by atoms with Gasteiger partial charge in [-0.3, -0.25) is 0 Å². The van der Waals surface area contributed by atoms with Crippen molar-refractivity contribution in [2.24, 2.45) is 40.4 Å². The third kappa shape index (κ3) is 3.28. The van der Waals surface area contributed by atoms with Crippen LogP contribution in [0.2, 0.25) is 0 Å². The van der Waals surface area contributed by atoms with Crippen LogP contribution in [0.1, 0.15) is 79.6 Å². The molecule has 3 saturated carbocycles. The van der Waals surface area contributed by atoms with Gasteiger partial charge in [-0.15, -0.1) is 0 Å². The van der Waals surface area contributed by atoms with E-state index in [1.165, 1.54) is 50.5 Å². The van der Waals surface area contributed by atoms with E-state index in [1.807, 2.05) is 0 Å². The van der Waals surface area contributed by atoms with E-state index >= 15 is 0 Å². The minimum Gasteiger partial charge on any atom is -0.502 e. The minimum absolute atomic E-state index is 0.264. The zero-order valence-electron chi connectivity index (χ0n) is 19.5. The van der Waals surface area contributed by atoms with E-state index in [4.69, 9.17) is 4.74 Å². The van der Waals surface area contributed by atoms with Gasteiger partial charge >= 0.3 is 0 Å². The molecule has 4 aliphatic rings. The molecule has 0 aliphatic heterocycles. The molecule has 4 aliphatic carbocycles. The van der Waals surface area contributed by atoms with Crippen molar-refractivity contribution in [3.63, 3.8) is 0 Å². The lowest BCUT2D eigenvalue weighted by Gasteiger charge is -2.57. The Hall–Kier alpha value is -1.24. The molecule has 3 unspecified atom stereocenters. The van der Waals surface area contributed by atoms with Crippen molar-refractivity contribution in [2.75, 3.05) is 6.61 Å². The molecule has 0 spiro atoms. The topological polar surface area (TPSA) is 9.23 Å². The van der Waals surface area contributed by atoms with Crippen LogP contribution >= 0.6 is 0 Å². The predicted octanol–water partition coefficient (Wildman–Crippen LogP) is 7.86. The van der Waals surface area contributed by atoms with E-state index in [0.29, 0.717) is 11.3 Å². The number of ether oxygens (including phenoxy) is 1. The highest BCUT2D eigenvalue weighted by molar-refractivity contribution is 5.43. The summed E-state index contributed by atoms with van der Waals surface area (Å²) in [4.78, 5) is 0. The molecule has 0 saturated heterocycles. The Morgan fingerprint density at radius 2 is 2.03 bits per heavy atom. The normalized spacial score (nSPS) is 44.0. The SMILES string of the molecule is C=C1C=C[C@@]2(C)C(=C1)CCC1C2CC[C@@]2(C)C1C[C@@H](C)[C@@H]2/C(=C\OCC)CCC. The summed E-state index contributed by atoms with van der Waals surface area (Å²) < 4.78 is 5.85. The monoisotopic (exact) mass is 394 g/mol. The van der Waals surface area contributed by atoms with Crippen molar-refractivity contribution in [1.82, 2.24) is 0 Å². The van der Waals surface area contributed by atoms with Crippen LogP contribution in [0.4, 0.5) is 0 Å². The standard InChI is InChI=1S/C28H42O/c1-7-9-21(18-29-8-2)26-20(4)17-25-23-11-10-22-16-19(3)12-14-27(22,5)24(23)13-15-28(25,26)6/h12,14,16,18,20,23-26H,3,7-11,13,15,17H2,1-2,4-6H3/b21-18-/t20-,23?,24?,25?,26-,27+,28+/m1/s1. The predicted molar refractivity (Wildman–Crippen MR) is 123 cm³/mol. The summed E-state index contributed by atoms with van der Waals surface area (Å²) in [5.41, 5.74) is 5.15. The van der Waals surface area contributed by atoms with Gasteiger partial charge in [0.25, 0.3) is 0 Å². The maximum absolute atomic E-state index is 5.85. The van der Waals surface area contributed by atoms with E-state index < -0.39 is 0 Å². The summed E-state index contributed by atoms with van der Waals surface area (Å²) in [6, 6.07) is 0. The summed E-state index contributed by atoms with van der Waals surface area (Å²) in [5.74, 6) is 4.01. The second-order valence-electron chi connectivity index (χ2n) is 10.9. The molecule has 3 fully saturated rings. The number of hydrogen-bond acceptors (Lipinski definition) is 1. The minimum atomic E-state index is 0.264. The number of allylic oxidation sites excluding steroid dienone is 6. The third-order valence-electron chi connectivity index (χ3n) is 9.33. The van der Waals surface area contributed by atoms with Crippen molar-refractivity contribution in [2.45, 2.75) is 79.6 Å². The van der Waals surface area contributed by atoms with Gasteiger partial charge in [0.15, 0.2) is 0 Å². The van der Waals surface area contributed by atoms with E-state index in [9.17, 15) is 0 Å². The summed E-state index contributed by atoms with van der Waals surface area (Å²) in [7, 11) is 0. The second-order valence-corrected chi connectivity index (χ2v) is 10.9. The van der Waals surface area contributed by atoms with Gasteiger partial charge < -0.3 is 4.74 Å². The van der Waals surface area contributed by atoms with Crippen LogP contribution in [0.25, 0.3) is 0 Å². The zero-order chi connectivity index (χ0) is 20.8. The highest BCUT2D eigenvalue weighted by atomic mass is 16.5. The van der Waals surface area contributed by atoms with Crippen LogP contribution in [0, 0.1) is 40.4 Å². The summed E-state index contributed by atoms with van der Waals surface area (Å²) in [6.45, 7) is 17.1. The Kier molecular flexibility index (Phi) is 5.64. The lowest BCUT2D eigenvalue weighted by atomic mass is 9.47. The molecule has 4 rings (SSSR count). The van der Waals surface area contributed by atoms with E-state index in [1.54, 1.807) is 11.1 Å². The largest absolute Gasteiger partial charge is 0.502 e.